The van der Waals surface area contributed by atoms with Crippen molar-refractivity contribution in [2.45, 2.75) is 6.54 Å². The molecule has 0 aliphatic carbocycles. The highest BCUT2D eigenvalue weighted by molar-refractivity contribution is 6.30. The van der Waals surface area contributed by atoms with Crippen LogP contribution in [0.1, 0.15) is 15.9 Å². The standard InChI is InChI=1S/C14H10ClN5O2/c15-10-3-1-9(2-4-10)7-17-12(21)11-8-18-14-16-5-6-19-20(14)13(11)22/h1-6,8H,7H2,(H,17,21). The Morgan fingerprint density at radius 3 is 2.73 bits per heavy atom. The molecule has 0 aliphatic heterocycles. The normalized spacial score (nSPS) is 10.6. The van der Waals surface area contributed by atoms with Gasteiger partial charge in [-0.3, -0.25) is 9.59 Å². The molecular formula is C14H10ClN5O2. The Labute approximate surface area is 129 Å². The van der Waals surface area contributed by atoms with E-state index in [2.05, 4.69) is 20.4 Å². The van der Waals surface area contributed by atoms with E-state index in [0.29, 0.717) is 5.02 Å². The van der Waals surface area contributed by atoms with Crippen LogP contribution in [-0.4, -0.2) is 25.5 Å². The van der Waals surface area contributed by atoms with Crippen LogP contribution in [0.15, 0.2) is 47.7 Å². The lowest BCUT2D eigenvalue weighted by Gasteiger charge is -2.05. The van der Waals surface area contributed by atoms with Gasteiger partial charge in [0.1, 0.15) is 5.56 Å². The quantitative estimate of drug-likeness (QED) is 0.781. The first-order valence-electron chi connectivity index (χ1n) is 6.37. The van der Waals surface area contributed by atoms with Crippen LogP contribution in [0.4, 0.5) is 0 Å². The van der Waals surface area contributed by atoms with Crippen LogP contribution in [0.25, 0.3) is 5.78 Å². The molecule has 0 radical (unpaired) electrons. The lowest BCUT2D eigenvalue weighted by molar-refractivity contribution is 0.0948. The van der Waals surface area contributed by atoms with Gasteiger partial charge in [-0.05, 0) is 17.7 Å². The molecular weight excluding hydrogens is 306 g/mol. The summed E-state index contributed by atoms with van der Waals surface area (Å²) in [4.78, 5) is 32.1. The van der Waals surface area contributed by atoms with Gasteiger partial charge in [0, 0.05) is 17.8 Å². The Kier molecular flexibility index (Phi) is 3.80. The van der Waals surface area contributed by atoms with E-state index in [1.165, 1.54) is 18.6 Å². The zero-order valence-corrected chi connectivity index (χ0v) is 12.0. The summed E-state index contributed by atoms with van der Waals surface area (Å²) in [7, 11) is 0. The Morgan fingerprint density at radius 1 is 1.18 bits per heavy atom. The van der Waals surface area contributed by atoms with E-state index in [1.54, 1.807) is 24.3 Å². The third kappa shape index (κ3) is 2.79. The van der Waals surface area contributed by atoms with Gasteiger partial charge in [0.05, 0.1) is 12.4 Å². The SMILES string of the molecule is O=C(NCc1ccc(Cl)cc1)c1cnc2nccnn2c1=O. The van der Waals surface area contributed by atoms with E-state index >= 15 is 0 Å². The molecule has 0 spiro atoms. The van der Waals surface area contributed by atoms with Crippen molar-refractivity contribution in [3.8, 4) is 0 Å². The molecule has 0 atom stereocenters. The minimum atomic E-state index is -0.563. The molecule has 3 rings (SSSR count). The molecule has 0 saturated carbocycles. The maximum atomic E-state index is 12.2. The number of carbonyl (C=O) groups excluding carboxylic acids is 1. The summed E-state index contributed by atoms with van der Waals surface area (Å²) in [6.45, 7) is 0.276. The molecule has 0 fully saturated rings. The van der Waals surface area contributed by atoms with E-state index in [-0.39, 0.29) is 17.9 Å². The number of nitrogens with zero attached hydrogens (tertiary/aromatic N) is 4. The lowest BCUT2D eigenvalue weighted by atomic mass is 10.2. The molecule has 1 N–H and O–H groups in total. The van der Waals surface area contributed by atoms with Gasteiger partial charge in [-0.2, -0.15) is 9.61 Å². The molecule has 1 amide bonds. The Morgan fingerprint density at radius 2 is 1.95 bits per heavy atom. The van der Waals surface area contributed by atoms with Crippen LogP contribution in [0, 0.1) is 0 Å². The predicted octanol–water partition coefficient (Wildman–Crippen LogP) is 1.07. The summed E-state index contributed by atoms with van der Waals surface area (Å²) in [5, 5.41) is 7.11. The molecule has 2 aromatic heterocycles. The average molecular weight is 316 g/mol. The number of hydrogen-bond donors (Lipinski definition) is 1. The number of fused-ring (bicyclic) bond motifs is 1. The summed E-state index contributed by atoms with van der Waals surface area (Å²) >= 11 is 5.79. The van der Waals surface area contributed by atoms with E-state index in [9.17, 15) is 9.59 Å². The predicted molar refractivity (Wildman–Crippen MR) is 79.7 cm³/mol. The zero-order valence-electron chi connectivity index (χ0n) is 11.2. The fourth-order valence-corrected chi connectivity index (χ4v) is 1.99. The van der Waals surface area contributed by atoms with Crippen molar-refractivity contribution in [3.05, 3.63) is 69.4 Å². The molecule has 0 bridgehead atoms. The highest BCUT2D eigenvalue weighted by atomic mass is 35.5. The van der Waals surface area contributed by atoms with Crippen LogP contribution in [0.3, 0.4) is 0 Å². The Hall–Kier alpha value is -2.80. The van der Waals surface area contributed by atoms with Crippen molar-refractivity contribution in [1.29, 1.82) is 0 Å². The van der Waals surface area contributed by atoms with Crippen molar-refractivity contribution >= 4 is 23.3 Å². The summed E-state index contributed by atoms with van der Waals surface area (Å²) in [5.41, 5.74) is 0.213. The molecule has 0 unspecified atom stereocenters. The lowest BCUT2D eigenvalue weighted by Crippen LogP contribution is -2.32. The second kappa shape index (κ2) is 5.90. The first-order valence-corrected chi connectivity index (χ1v) is 6.74. The van der Waals surface area contributed by atoms with Gasteiger partial charge in [0.15, 0.2) is 0 Å². The fraction of sp³-hybridized carbons (Fsp3) is 0.0714. The zero-order chi connectivity index (χ0) is 15.5. The highest BCUT2D eigenvalue weighted by Gasteiger charge is 2.13. The summed E-state index contributed by atoms with van der Waals surface area (Å²) in [5.74, 6) is -0.380. The van der Waals surface area contributed by atoms with E-state index in [0.717, 1.165) is 10.1 Å². The molecule has 22 heavy (non-hydrogen) atoms. The molecule has 2 heterocycles. The Bertz CT molecular complexity index is 892. The summed E-state index contributed by atoms with van der Waals surface area (Å²) in [6, 6.07) is 7.04. The van der Waals surface area contributed by atoms with E-state index < -0.39 is 11.5 Å². The minimum absolute atomic E-state index is 0.0908. The van der Waals surface area contributed by atoms with Gasteiger partial charge in [-0.1, -0.05) is 23.7 Å². The van der Waals surface area contributed by atoms with Gasteiger partial charge in [0.25, 0.3) is 17.2 Å². The number of halogens is 1. The van der Waals surface area contributed by atoms with Gasteiger partial charge >= 0.3 is 0 Å². The molecule has 3 aromatic rings. The van der Waals surface area contributed by atoms with Crippen molar-refractivity contribution in [3.63, 3.8) is 0 Å². The molecule has 8 heteroatoms. The van der Waals surface area contributed by atoms with Crippen LogP contribution in [0.2, 0.25) is 5.02 Å². The van der Waals surface area contributed by atoms with Crippen LogP contribution >= 0.6 is 11.6 Å². The number of nitrogens with one attached hydrogen (secondary N) is 1. The molecule has 1 aromatic carbocycles. The number of aromatic nitrogens is 4. The third-order valence-electron chi connectivity index (χ3n) is 2.97. The van der Waals surface area contributed by atoms with Crippen molar-refractivity contribution < 1.29 is 4.79 Å². The van der Waals surface area contributed by atoms with Crippen molar-refractivity contribution in [2.24, 2.45) is 0 Å². The number of carbonyl (C=O) groups is 1. The van der Waals surface area contributed by atoms with Crippen LogP contribution in [-0.2, 0) is 6.54 Å². The smallest absolute Gasteiger partial charge is 0.288 e. The largest absolute Gasteiger partial charge is 0.348 e. The number of rotatable bonds is 3. The topological polar surface area (TPSA) is 89.2 Å². The molecule has 0 saturated heterocycles. The van der Waals surface area contributed by atoms with Gasteiger partial charge in [-0.25, -0.2) is 9.97 Å². The summed E-state index contributed by atoms with van der Waals surface area (Å²) < 4.78 is 0.983. The van der Waals surface area contributed by atoms with E-state index in [1.807, 2.05) is 0 Å². The second-order valence-electron chi connectivity index (χ2n) is 4.44. The maximum Gasteiger partial charge on any atom is 0.288 e. The van der Waals surface area contributed by atoms with Crippen molar-refractivity contribution in [1.82, 2.24) is 24.9 Å². The molecule has 110 valence electrons. The van der Waals surface area contributed by atoms with Gasteiger partial charge < -0.3 is 5.32 Å². The summed E-state index contributed by atoms with van der Waals surface area (Å²) in [6.07, 6.45) is 3.97. The molecule has 0 aliphatic rings. The third-order valence-corrected chi connectivity index (χ3v) is 3.22. The first kappa shape index (κ1) is 14.2. The molecule has 7 nitrogen and oxygen atoms in total. The second-order valence-corrected chi connectivity index (χ2v) is 4.88. The maximum absolute atomic E-state index is 12.2. The average Bonchev–Trinajstić information content (AvgIpc) is 2.55. The van der Waals surface area contributed by atoms with Gasteiger partial charge in [-0.15, -0.1) is 0 Å². The highest BCUT2D eigenvalue weighted by Crippen LogP contribution is 2.09. The first-order chi connectivity index (χ1) is 10.6. The van der Waals surface area contributed by atoms with Gasteiger partial charge in [0.2, 0.25) is 0 Å². The van der Waals surface area contributed by atoms with Crippen LogP contribution in [0.5, 0.6) is 0 Å². The number of amides is 1. The fourth-order valence-electron chi connectivity index (χ4n) is 1.86. The monoisotopic (exact) mass is 315 g/mol. The Balaban J connectivity index is 1.82. The van der Waals surface area contributed by atoms with Crippen LogP contribution < -0.4 is 10.9 Å². The number of hydrogen-bond acceptors (Lipinski definition) is 5. The minimum Gasteiger partial charge on any atom is -0.348 e. The van der Waals surface area contributed by atoms with E-state index in [4.69, 9.17) is 11.6 Å². The number of benzene rings is 1. The van der Waals surface area contributed by atoms with Crippen molar-refractivity contribution in [2.75, 3.05) is 0 Å².